The Morgan fingerprint density at radius 1 is 1.15 bits per heavy atom. The number of ether oxygens (including phenoxy) is 3. The minimum absolute atomic E-state index is 0.262. The second-order valence-corrected chi connectivity index (χ2v) is 8.51. The van der Waals surface area contributed by atoms with Crippen LogP contribution >= 0.6 is 0 Å². The van der Waals surface area contributed by atoms with Gasteiger partial charge in [-0.2, -0.15) is 0 Å². The highest BCUT2D eigenvalue weighted by Crippen LogP contribution is 2.56. The monoisotopic (exact) mass is 376 g/mol. The molecule has 150 valence electrons. The van der Waals surface area contributed by atoms with Crippen molar-refractivity contribution in [3.63, 3.8) is 0 Å². The number of benzene rings is 1. The molecule has 1 spiro atoms. The summed E-state index contributed by atoms with van der Waals surface area (Å²) in [5.41, 5.74) is 0.666. The summed E-state index contributed by atoms with van der Waals surface area (Å²) in [6.07, 6.45) is 4.99. The van der Waals surface area contributed by atoms with Gasteiger partial charge in [-0.05, 0) is 50.0 Å². The summed E-state index contributed by atoms with van der Waals surface area (Å²) in [6, 6.07) is 10.3. The zero-order valence-corrected chi connectivity index (χ0v) is 16.7. The number of fused-ring (bicyclic) bond motifs is 3. The third kappa shape index (κ3) is 3.45. The van der Waals surface area contributed by atoms with E-state index in [1.807, 2.05) is 25.1 Å². The fourth-order valence-corrected chi connectivity index (χ4v) is 5.17. The maximum atomic E-state index is 6.32. The zero-order valence-electron chi connectivity index (χ0n) is 16.7. The molecule has 5 nitrogen and oxygen atoms in total. The molecule has 6 atom stereocenters. The van der Waals surface area contributed by atoms with Gasteiger partial charge in [-0.3, -0.25) is 0 Å². The van der Waals surface area contributed by atoms with Gasteiger partial charge in [0.2, 0.25) is 5.79 Å². The Morgan fingerprint density at radius 3 is 2.74 bits per heavy atom. The Hall–Kier alpha value is -0.980. The highest BCUT2D eigenvalue weighted by Gasteiger charge is 2.65. The van der Waals surface area contributed by atoms with Crippen molar-refractivity contribution in [2.45, 2.75) is 70.2 Å². The van der Waals surface area contributed by atoms with Crippen LogP contribution in [0.1, 0.15) is 51.5 Å². The standard InChI is InChI=1S/C22H32O5/c1-16-14-19-11-7-10-18(12-13-24-15-17-8-5-4-6-9-17)22(19)20(23-3)25-21(16,2)26-27-22/h4-6,8-9,16,18-20H,7,10-15H2,1-3H3/t16-,18-,19+,20-,21+,22?/m0/s1. The van der Waals surface area contributed by atoms with Gasteiger partial charge in [0.1, 0.15) is 0 Å². The maximum absolute atomic E-state index is 6.32. The van der Waals surface area contributed by atoms with Crippen molar-refractivity contribution in [1.29, 1.82) is 0 Å². The Morgan fingerprint density at radius 2 is 1.96 bits per heavy atom. The molecule has 3 saturated heterocycles. The van der Waals surface area contributed by atoms with Crippen LogP contribution in [0.15, 0.2) is 30.3 Å². The van der Waals surface area contributed by atoms with E-state index in [1.165, 1.54) is 12.0 Å². The molecule has 3 aliphatic heterocycles. The normalized spacial score (nSPS) is 41.1. The van der Waals surface area contributed by atoms with E-state index >= 15 is 0 Å². The first-order chi connectivity index (χ1) is 13.1. The predicted octanol–water partition coefficient (Wildman–Crippen LogP) is 4.46. The minimum Gasteiger partial charge on any atom is -0.377 e. The average molecular weight is 376 g/mol. The molecule has 4 aliphatic rings. The zero-order chi connectivity index (χ0) is 18.9. The van der Waals surface area contributed by atoms with Crippen LogP contribution in [0.25, 0.3) is 0 Å². The third-order valence-corrected chi connectivity index (χ3v) is 6.91. The van der Waals surface area contributed by atoms with E-state index in [0.717, 1.165) is 25.7 Å². The molecule has 1 saturated carbocycles. The molecule has 1 aromatic carbocycles. The molecule has 4 fully saturated rings. The van der Waals surface area contributed by atoms with Crippen LogP contribution in [-0.4, -0.2) is 31.4 Å². The Kier molecular flexibility index (Phi) is 5.59. The summed E-state index contributed by atoms with van der Waals surface area (Å²) in [7, 11) is 1.71. The third-order valence-electron chi connectivity index (χ3n) is 6.91. The van der Waals surface area contributed by atoms with Crippen LogP contribution in [0, 0.1) is 17.8 Å². The van der Waals surface area contributed by atoms with Crippen LogP contribution in [0.3, 0.4) is 0 Å². The average Bonchev–Trinajstić information content (AvgIpc) is 2.86. The van der Waals surface area contributed by atoms with E-state index in [4.69, 9.17) is 24.0 Å². The lowest BCUT2D eigenvalue weighted by Gasteiger charge is -2.53. The largest absolute Gasteiger partial charge is 0.377 e. The summed E-state index contributed by atoms with van der Waals surface area (Å²) in [5, 5.41) is 0. The summed E-state index contributed by atoms with van der Waals surface area (Å²) in [5.74, 6) is 0.205. The highest BCUT2D eigenvalue weighted by molar-refractivity contribution is 5.13. The lowest BCUT2D eigenvalue weighted by Crippen LogP contribution is -2.63. The first-order valence-corrected chi connectivity index (χ1v) is 10.3. The van der Waals surface area contributed by atoms with E-state index in [0.29, 0.717) is 25.0 Å². The van der Waals surface area contributed by atoms with E-state index in [2.05, 4.69) is 19.1 Å². The van der Waals surface area contributed by atoms with Crippen molar-refractivity contribution in [3.8, 4) is 0 Å². The van der Waals surface area contributed by atoms with Crippen molar-refractivity contribution in [2.75, 3.05) is 13.7 Å². The highest BCUT2D eigenvalue weighted by atomic mass is 17.3. The SMILES string of the molecule is CO[C@H]1O[C@]2(C)OOC13[C@H](CCOCc1ccccc1)CCC[C@@H]3C[C@@H]2C. The molecule has 5 heteroatoms. The van der Waals surface area contributed by atoms with E-state index in [-0.39, 0.29) is 5.92 Å². The van der Waals surface area contributed by atoms with Gasteiger partial charge in [0.25, 0.3) is 0 Å². The topological polar surface area (TPSA) is 46.2 Å². The first kappa shape index (κ1) is 19.3. The quantitative estimate of drug-likeness (QED) is 0.542. The molecular formula is C22H32O5. The Balaban J connectivity index is 1.46. The number of rotatable bonds is 6. The van der Waals surface area contributed by atoms with Crippen LogP contribution in [0.2, 0.25) is 0 Å². The van der Waals surface area contributed by atoms with Crippen LogP contribution in [0.5, 0.6) is 0 Å². The number of hydrogen-bond donors (Lipinski definition) is 0. The van der Waals surface area contributed by atoms with Crippen molar-refractivity contribution >= 4 is 0 Å². The Bertz CT molecular complexity index is 618. The second kappa shape index (κ2) is 7.80. The van der Waals surface area contributed by atoms with Gasteiger partial charge in [0, 0.05) is 19.6 Å². The van der Waals surface area contributed by atoms with Gasteiger partial charge in [0.15, 0.2) is 11.9 Å². The molecule has 1 aromatic rings. The van der Waals surface area contributed by atoms with Crippen molar-refractivity contribution in [2.24, 2.45) is 17.8 Å². The predicted molar refractivity (Wildman–Crippen MR) is 101 cm³/mol. The van der Waals surface area contributed by atoms with Crippen molar-refractivity contribution in [1.82, 2.24) is 0 Å². The van der Waals surface area contributed by atoms with Gasteiger partial charge in [0.05, 0.1) is 6.61 Å². The fraction of sp³-hybridized carbons (Fsp3) is 0.727. The molecular weight excluding hydrogens is 344 g/mol. The summed E-state index contributed by atoms with van der Waals surface area (Å²) in [4.78, 5) is 12.0. The summed E-state index contributed by atoms with van der Waals surface area (Å²) >= 11 is 0. The van der Waals surface area contributed by atoms with Gasteiger partial charge in [-0.1, -0.05) is 43.7 Å². The summed E-state index contributed by atoms with van der Waals surface area (Å²) in [6.45, 7) is 5.48. The number of methoxy groups -OCH3 is 1. The molecule has 0 aromatic heterocycles. The molecule has 2 bridgehead atoms. The van der Waals surface area contributed by atoms with E-state index in [1.54, 1.807) is 7.11 Å². The summed E-state index contributed by atoms with van der Waals surface area (Å²) < 4.78 is 18.1. The van der Waals surface area contributed by atoms with Crippen molar-refractivity contribution in [3.05, 3.63) is 35.9 Å². The van der Waals surface area contributed by atoms with Crippen LogP contribution in [-0.2, 0) is 30.6 Å². The minimum atomic E-state index is -0.738. The smallest absolute Gasteiger partial charge is 0.204 e. The molecule has 1 unspecified atom stereocenters. The van der Waals surface area contributed by atoms with Gasteiger partial charge in [-0.15, -0.1) is 0 Å². The van der Waals surface area contributed by atoms with Gasteiger partial charge < -0.3 is 14.2 Å². The molecule has 3 heterocycles. The molecule has 5 rings (SSSR count). The van der Waals surface area contributed by atoms with Crippen molar-refractivity contribution < 1.29 is 24.0 Å². The van der Waals surface area contributed by atoms with Gasteiger partial charge >= 0.3 is 0 Å². The van der Waals surface area contributed by atoms with E-state index in [9.17, 15) is 0 Å². The first-order valence-electron chi connectivity index (χ1n) is 10.3. The maximum Gasteiger partial charge on any atom is 0.204 e. The lowest BCUT2D eigenvalue weighted by molar-refractivity contribution is -0.560. The molecule has 0 N–H and O–H groups in total. The molecule has 0 amide bonds. The van der Waals surface area contributed by atoms with Crippen LogP contribution in [0.4, 0.5) is 0 Å². The molecule has 1 aliphatic carbocycles. The second-order valence-electron chi connectivity index (χ2n) is 8.51. The Labute approximate surface area is 162 Å². The molecule has 0 radical (unpaired) electrons. The number of hydrogen-bond acceptors (Lipinski definition) is 5. The lowest BCUT2D eigenvalue weighted by atomic mass is 9.65. The van der Waals surface area contributed by atoms with Gasteiger partial charge in [-0.25, -0.2) is 9.78 Å². The van der Waals surface area contributed by atoms with Crippen LogP contribution < -0.4 is 0 Å². The molecule has 27 heavy (non-hydrogen) atoms. The van der Waals surface area contributed by atoms with E-state index < -0.39 is 17.7 Å². The fourth-order valence-electron chi connectivity index (χ4n) is 5.17.